The van der Waals surface area contributed by atoms with Crippen molar-refractivity contribution in [3.63, 3.8) is 0 Å². The number of piperidine rings is 1. The van der Waals surface area contributed by atoms with Gasteiger partial charge in [0.1, 0.15) is 5.60 Å². The molecule has 2 N–H and O–H groups in total. The molecular weight excluding hydrogens is 395 g/mol. The Morgan fingerprint density at radius 3 is 2.23 bits per heavy atom. The van der Waals surface area contributed by atoms with Gasteiger partial charge >= 0.3 is 6.09 Å². The topological polar surface area (TPSA) is 71.2 Å². The molecule has 7 heteroatoms. The van der Waals surface area contributed by atoms with Crippen molar-refractivity contribution in [3.05, 3.63) is 0 Å². The predicted octanol–water partition coefficient (Wildman–Crippen LogP) is 2.52. The van der Waals surface area contributed by atoms with E-state index in [1.54, 1.807) is 9.80 Å². The van der Waals surface area contributed by atoms with Crippen molar-refractivity contribution in [1.29, 1.82) is 0 Å². The van der Waals surface area contributed by atoms with Crippen molar-refractivity contribution in [2.24, 2.45) is 16.1 Å². The van der Waals surface area contributed by atoms with Crippen LogP contribution in [-0.2, 0) is 4.74 Å². The molecule has 1 rings (SSSR count). The highest BCUT2D eigenvalue weighted by molar-refractivity contribution is 14.0. The van der Waals surface area contributed by atoms with E-state index in [-0.39, 0.29) is 35.5 Å². The minimum absolute atomic E-state index is 0. The number of guanidine groups is 1. The van der Waals surface area contributed by atoms with Crippen LogP contribution in [0.15, 0.2) is 4.99 Å². The second-order valence-electron chi connectivity index (χ2n) is 7.35. The van der Waals surface area contributed by atoms with Gasteiger partial charge in [0.05, 0.1) is 0 Å². The molecule has 0 atom stereocenters. The summed E-state index contributed by atoms with van der Waals surface area (Å²) in [6.07, 6.45) is 1.60. The number of likely N-dealkylation sites (tertiary alicyclic amines) is 1. The molecule has 0 aliphatic carbocycles. The number of rotatable bonds is 2. The lowest BCUT2D eigenvalue weighted by Crippen LogP contribution is -2.45. The molecule has 6 nitrogen and oxygen atoms in total. The number of ether oxygens (including phenoxy) is 1. The number of hydrogen-bond donors (Lipinski definition) is 1. The molecule has 0 radical (unpaired) electrons. The van der Waals surface area contributed by atoms with Crippen molar-refractivity contribution in [1.82, 2.24) is 9.80 Å². The Hall–Kier alpha value is -0.730. The van der Waals surface area contributed by atoms with Crippen LogP contribution in [0.3, 0.4) is 0 Å². The summed E-state index contributed by atoms with van der Waals surface area (Å²) in [4.78, 5) is 20.1. The number of nitrogens with two attached hydrogens (primary N) is 1. The highest BCUT2D eigenvalue weighted by atomic mass is 127. The molecule has 1 aliphatic heterocycles. The molecule has 1 aliphatic rings. The normalized spacial score (nSPS) is 18.5. The molecule has 1 fully saturated rings. The Labute approximate surface area is 151 Å². The zero-order chi connectivity index (χ0) is 16.3. The Bertz CT molecular complexity index is 397. The molecular formula is C15H31IN4O2. The summed E-state index contributed by atoms with van der Waals surface area (Å²) >= 11 is 0. The van der Waals surface area contributed by atoms with Gasteiger partial charge in [-0.05, 0) is 39.0 Å². The zero-order valence-corrected chi connectivity index (χ0v) is 17.0. The highest BCUT2D eigenvalue weighted by Gasteiger charge is 2.33. The third-order valence-electron chi connectivity index (χ3n) is 3.70. The van der Waals surface area contributed by atoms with Crippen molar-refractivity contribution < 1.29 is 9.53 Å². The summed E-state index contributed by atoms with van der Waals surface area (Å²) in [5.41, 5.74) is 5.48. The van der Waals surface area contributed by atoms with Crippen LogP contribution in [0.4, 0.5) is 4.79 Å². The second-order valence-corrected chi connectivity index (χ2v) is 7.35. The number of nitrogens with zero attached hydrogens (tertiary/aromatic N) is 3. The monoisotopic (exact) mass is 426 g/mol. The first-order valence-electron chi connectivity index (χ1n) is 7.48. The summed E-state index contributed by atoms with van der Waals surface area (Å²) in [6.45, 7) is 9.98. The largest absolute Gasteiger partial charge is 0.444 e. The third-order valence-corrected chi connectivity index (χ3v) is 3.70. The van der Waals surface area contributed by atoms with Gasteiger partial charge in [-0.1, -0.05) is 6.92 Å². The van der Waals surface area contributed by atoms with E-state index in [2.05, 4.69) is 11.9 Å². The van der Waals surface area contributed by atoms with Gasteiger partial charge in [-0.2, -0.15) is 0 Å². The lowest BCUT2D eigenvalue weighted by molar-refractivity contribution is 0.0127. The van der Waals surface area contributed by atoms with E-state index < -0.39 is 5.60 Å². The van der Waals surface area contributed by atoms with Gasteiger partial charge in [0, 0.05) is 33.7 Å². The maximum Gasteiger partial charge on any atom is 0.410 e. The van der Waals surface area contributed by atoms with Gasteiger partial charge in [0.25, 0.3) is 0 Å². The van der Waals surface area contributed by atoms with E-state index in [1.807, 2.05) is 34.9 Å². The Morgan fingerprint density at radius 1 is 1.32 bits per heavy atom. The van der Waals surface area contributed by atoms with Crippen LogP contribution < -0.4 is 5.73 Å². The second kappa shape index (κ2) is 8.21. The average Bonchev–Trinajstić information content (AvgIpc) is 2.34. The smallest absolute Gasteiger partial charge is 0.410 e. The molecule has 22 heavy (non-hydrogen) atoms. The number of halogens is 1. The standard InChI is InChI=1S/C15H30N4O2.HI/c1-14(2,3)21-13(20)19-9-7-15(4,8-10-19)11-17-12(16)18(5)6;/h7-11H2,1-6H3,(H2,16,17);1H. The molecule has 1 heterocycles. The Morgan fingerprint density at radius 2 is 1.82 bits per heavy atom. The van der Waals surface area contributed by atoms with Gasteiger partial charge in [-0.15, -0.1) is 24.0 Å². The van der Waals surface area contributed by atoms with E-state index >= 15 is 0 Å². The fraction of sp³-hybridized carbons (Fsp3) is 0.867. The number of amides is 1. The maximum absolute atomic E-state index is 12.0. The highest BCUT2D eigenvalue weighted by Crippen LogP contribution is 2.31. The van der Waals surface area contributed by atoms with Crippen LogP contribution in [0.25, 0.3) is 0 Å². The summed E-state index contributed by atoms with van der Waals surface area (Å²) in [5.74, 6) is 0.547. The molecule has 1 saturated heterocycles. The predicted molar refractivity (Wildman–Crippen MR) is 101 cm³/mol. The van der Waals surface area contributed by atoms with E-state index in [1.165, 1.54) is 0 Å². The molecule has 0 bridgehead atoms. The van der Waals surface area contributed by atoms with Crippen LogP contribution in [0.2, 0.25) is 0 Å². The minimum Gasteiger partial charge on any atom is -0.444 e. The molecule has 0 aromatic carbocycles. The maximum atomic E-state index is 12.0. The van der Waals surface area contributed by atoms with E-state index in [0.29, 0.717) is 25.6 Å². The summed E-state index contributed by atoms with van der Waals surface area (Å²) in [6, 6.07) is 0. The van der Waals surface area contributed by atoms with Gasteiger partial charge in [-0.3, -0.25) is 4.99 Å². The third kappa shape index (κ3) is 7.02. The molecule has 1 amide bonds. The Kier molecular flexibility index (Phi) is 7.94. The van der Waals surface area contributed by atoms with Gasteiger partial charge in [0.15, 0.2) is 5.96 Å². The van der Waals surface area contributed by atoms with Gasteiger partial charge in [-0.25, -0.2) is 4.79 Å². The Balaban J connectivity index is 0.00000441. The van der Waals surface area contributed by atoms with Crippen LogP contribution >= 0.6 is 24.0 Å². The number of hydrogen-bond acceptors (Lipinski definition) is 3. The quantitative estimate of drug-likeness (QED) is 0.419. The first-order valence-corrected chi connectivity index (χ1v) is 7.48. The lowest BCUT2D eigenvalue weighted by atomic mass is 9.80. The van der Waals surface area contributed by atoms with E-state index in [9.17, 15) is 4.79 Å². The van der Waals surface area contributed by atoms with E-state index in [4.69, 9.17) is 10.5 Å². The molecule has 0 aromatic rings. The average molecular weight is 426 g/mol. The molecule has 0 aromatic heterocycles. The van der Waals surface area contributed by atoms with Crippen LogP contribution in [0, 0.1) is 5.41 Å². The van der Waals surface area contributed by atoms with Crippen molar-refractivity contribution in [2.45, 2.75) is 46.1 Å². The number of carbonyl (C=O) groups is 1. The molecule has 130 valence electrons. The van der Waals surface area contributed by atoms with Crippen LogP contribution in [-0.4, -0.2) is 61.2 Å². The number of aliphatic imine (C=N–C) groups is 1. The van der Waals surface area contributed by atoms with E-state index in [0.717, 1.165) is 12.8 Å². The van der Waals surface area contributed by atoms with Gasteiger partial charge in [0.2, 0.25) is 0 Å². The lowest BCUT2D eigenvalue weighted by Gasteiger charge is -2.39. The zero-order valence-electron chi connectivity index (χ0n) is 14.7. The van der Waals surface area contributed by atoms with Crippen molar-refractivity contribution >= 4 is 36.0 Å². The minimum atomic E-state index is -0.442. The SMILES string of the molecule is CN(C)C(N)=NCC1(C)CCN(C(=O)OC(C)(C)C)CC1.I. The number of carbonyl (C=O) groups excluding carboxylic acids is 1. The fourth-order valence-electron chi connectivity index (χ4n) is 2.13. The molecule has 0 spiro atoms. The molecule has 0 saturated carbocycles. The summed E-state index contributed by atoms with van der Waals surface area (Å²) < 4.78 is 5.41. The first kappa shape index (κ1) is 21.3. The van der Waals surface area contributed by atoms with Crippen LogP contribution in [0.5, 0.6) is 0 Å². The summed E-state index contributed by atoms with van der Waals surface area (Å²) in [7, 11) is 3.76. The summed E-state index contributed by atoms with van der Waals surface area (Å²) in [5, 5.41) is 0. The fourth-order valence-corrected chi connectivity index (χ4v) is 2.13. The van der Waals surface area contributed by atoms with Crippen molar-refractivity contribution in [2.75, 3.05) is 33.7 Å². The first-order chi connectivity index (χ1) is 9.52. The van der Waals surface area contributed by atoms with Crippen LogP contribution in [0.1, 0.15) is 40.5 Å². The molecule has 0 unspecified atom stereocenters. The van der Waals surface area contributed by atoms with Crippen molar-refractivity contribution in [3.8, 4) is 0 Å². The van der Waals surface area contributed by atoms with Gasteiger partial charge < -0.3 is 20.3 Å².